The van der Waals surface area contributed by atoms with E-state index >= 15 is 0 Å². The lowest BCUT2D eigenvalue weighted by molar-refractivity contribution is 0.174. The van der Waals surface area contributed by atoms with Gasteiger partial charge in [-0.2, -0.15) is 0 Å². The van der Waals surface area contributed by atoms with Crippen molar-refractivity contribution < 1.29 is 9.47 Å². The van der Waals surface area contributed by atoms with Gasteiger partial charge in [-0.25, -0.2) is 4.98 Å². The molecule has 4 rings (SSSR count). The highest BCUT2D eigenvalue weighted by atomic mass is 16.7. The first kappa shape index (κ1) is 11.1. The Morgan fingerprint density at radius 3 is 2.79 bits per heavy atom. The van der Waals surface area contributed by atoms with Crippen molar-refractivity contribution in [1.29, 1.82) is 0 Å². The molecule has 1 fully saturated rings. The largest absolute Gasteiger partial charge is 0.454 e. The first-order valence-electron chi connectivity index (χ1n) is 6.60. The smallest absolute Gasteiger partial charge is 0.231 e. The van der Waals surface area contributed by atoms with E-state index in [0.29, 0.717) is 6.79 Å². The number of imidazole rings is 1. The Bertz CT molecular complexity index is 563. The molecule has 0 saturated carbocycles. The number of benzene rings is 1. The maximum Gasteiger partial charge on any atom is 0.231 e. The number of nitrogens with zero attached hydrogens (tertiary/aromatic N) is 2. The van der Waals surface area contributed by atoms with Crippen LogP contribution >= 0.6 is 0 Å². The van der Waals surface area contributed by atoms with Gasteiger partial charge in [0.15, 0.2) is 11.5 Å². The quantitative estimate of drug-likeness (QED) is 0.832. The lowest BCUT2D eigenvalue weighted by Gasteiger charge is -2.26. The van der Waals surface area contributed by atoms with Crippen molar-refractivity contribution in [1.82, 2.24) is 20.2 Å². The monoisotopic (exact) mass is 260 g/mol. The molecular formula is C13H16N4O2. The summed E-state index contributed by atoms with van der Waals surface area (Å²) in [6, 6.07) is 3.90. The number of aromatic amines is 1. The molecule has 0 bridgehead atoms. The fourth-order valence-corrected chi connectivity index (χ4v) is 2.61. The summed E-state index contributed by atoms with van der Waals surface area (Å²) in [5.74, 6) is 2.58. The minimum atomic E-state index is 0.301. The van der Waals surface area contributed by atoms with Crippen LogP contribution in [0.2, 0.25) is 0 Å². The highest BCUT2D eigenvalue weighted by Crippen LogP contribution is 2.35. The Morgan fingerprint density at radius 2 is 1.95 bits per heavy atom. The first-order chi connectivity index (χ1) is 9.38. The number of H-pyrrole nitrogens is 1. The molecule has 0 amide bonds. The van der Waals surface area contributed by atoms with Gasteiger partial charge in [-0.15, -0.1) is 0 Å². The number of piperazine rings is 1. The molecule has 100 valence electrons. The van der Waals surface area contributed by atoms with E-state index in [1.807, 2.05) is 12.1 Å². The third-order valence-corrected chi connectivity index (χ3v) is 3.61. The van der Waals surface area contributed by atoms with Gasteiger partial charge in [-0.3, -0.25) is 4.90 Å². The Hall–Kier alpha value is -1.79. The number of nitrogens with one attached hydrogen (secondary N) is 2. The van der Waals surface area contributed by atoms with Crippen molar-refractivity contribution in [3.63, 3.8) is 0 Å². The Balaban J connectivity index is 1.61. The fraction of sp³-hybridized carbons (Fsp3) is 0.462. The molecule has 1 aromatic heterocycles. The summed E-state index contributed by atoms with van der Waals surface area (Å²) in [4.78, 5) is 10.4. The zero-order chi connectivity index (χ0) is 12.7. The molecule has 0 spiro atoms. The van der Waals surface area contributed by atoms with Crippen molar-refractivity contribution in [3.05, 3.63) is 18.0 Å². The second-order valence-electron chi connectivity index (χ2n) is 4.93. The second-order valence-corrected chi connectivity index (χ2v) is 4.93. The average molecular weight is 260 g/mol. The van der Waals surface area contributed by atoms with Gasteiger partial charge in [-0.1, -0.05) is 0 Å². The van der Waals surface area contributed by atoms with Crippen LogP contribution in [0.3, 0.4) is 0 Å². The van der Waals surface area contributed by atoms with Crippen molar-refractivity contribution in [2.45, 2.75) is 6.54 Å². The van der Waals surface area contributed by atoms with E-state index in [0.717, 1.165) is 61.1 Å². The molecule has 3 heterocycles. The molecule has 0 atom stereocenters. The van der Waals surface area contributed by atoms with E-state index < -0.39 is 0 Å². The molecule has 2 N–H and O–H groups in total. The summed E-state index contributed by atoms with van der Waals surface area (Å²) in [7, 11) is 0. The molecule has 19 heavy (non-hydrogen) atoms. The molecule has 2 aliphatic heterocycles. The van der Waals surface area contributed by atoms with E-state index in [4.69, 9.17) is 9.47 Å². The predicted octanol–water partition coefficient (Wildman–Crippen LogP) is 0.697. The Kier molecular flexibility index (Phi) is 2.56. The zero-order valence-corrected chi connectivity index (χ0v) is 10.6. The SMILES string of the molecule is c1c2c(cc3[nH]c(CN4CCNCC4)nc13)OCO2. The number of aromatic nitrogens is 2. The normalized spacial score (nSPS) is 19.2. The summed E-state index contributed by atoms with van der Waals surface area (Å²) in [6.07, 6.45) is 0. The van der Waals surface area contributed by atoms with E-state index in [1.165, 1.54) is 0 Å². The van der Waals surface area contributed by atoms with Crippen LogP contribution in [-0.4, -0.2) is 47.8 Å². The molecular weight excluding hydrogens is 244 g/mol. The molecule has 2 aromatic rings. The lowest BCUT2D eigenvalue weighted by atomic mass is 10.3. The van der Waals surface area contributed by atoms with Crippen LogP contribution in [0.1, 0.15) is 5.82 Å². The van der Waals surface area contributed by atoms with Gasteiger partial charge in [0.2, 0.25) is 6.79 Å². The molecule has 6 heteroatoms. The number of rotatable bonds is 2. The number of hydrogen-bond donors (Lipinski definition) is 2. The maximum absolute atomic E-state index is 5.38. The van der Waals surface area contributed by atoms with Gasteiger partial charge in [0.05, 0.1) is 17.6 Å². The van der Waals surface area contributed by atoms with Crippen molar-refractivity contribution in [2.24, 2.45) is 0 Å². The van der Waals surface area contributed by atoms with Gasteiger partial charge in [-0.05, 0) is 0 Å². The summed E-state index contributed by atoms with van der Waals surface area (Å²) >= 11 is 0. The third kappa shape index (κ3) is 2.02. The van der Waals surface area contributed by atoms with E-state index in [9.17, 15) is 0 Å². The van der Waals surface area contributed by atoms with Gasteiger partial charge in [0.1, 0.15) is 5.82 Å². The second kappa shape index (κ2) is 4.40. The standard InChI is InChI=1S/C13H16N4O2/c1-3-17(4-2-14-1)7-13-15-9-5-11-12(19-8-18-11)6-10(9)16-13/h5-6,14H,1-4,7-8H2,(H,15,16). The van der Waals surface area contributed by atoms with Crippen LogP contribution in [0.25, 0.3) is 11.0 Å². The van der Waals surface area contributed by atoms with Crippen LogP contribution < -0.4 is 14.8 Å². The van der Waals surface area contributed by atoms with Crippen LogP contribution in [0.15, 0.2) is 12.1 Å². The highest BCUT2D eigenvalue weighted by Gasteiger charge is 2.17. The summed E-state index contributed by atoms with van der Waals surface area (Å²) in [5.41, 5.74) is 1.95. The summed E-state index contributed by atoms with van der Waals surface area (Å²) in [6.45, 7) is 5.41. The average Bonchev–Trinajstić information content (AvgIpc) is 3.01. The Morgan fingerprint density at radius 1 is 1.16 bits per heavy atom. The van der Waals surface area contributed by atoms with Crippen LogP contribution in [0.5, 0.6) is 11.5 Å². The Labute approximate surface area is 110 Å². The zero-order valence-electron chi connectivity index (χ0n) is 10.6. The van der Waals surface area contributed by atoms with Crippen LogP contribution in [0.4, 0.5) is 0 Å². The lowest BCUT2D eigenvalue weighted by Crippen LogP contribution is -2.43. The summed E-state index contributed by atoms with van der Waals surface area (Å²) in [5, 5.41) is 3.35. The molecule has 0 aliphatic carbocycles. The van der Waals surface area contributed by atoms with E-state index in [2.05, 4.69) is 20.2 Å². The van der Waals surface area contributed by atoms with Gasteiger partial charge >= 0.3 is 0 Å². The molecule has 0 unspecified atom stereocenters. The van der Waals surface area contributed by atoms with Crippen molar-refractivity contribution in [2.75, 3.05) is 33.0 Å². The third-order valence-electron chi connectivity index (χ3n) is 3.61. The van der Waals surface area contributed by atoms with Gasteiger partial charge in [0, 0.05) is 38.3 Å². The number of ether oxygens (including phenoxy) is 2. The maximum atomic E-state index is 5.38. The van der Waals surface area contributed by atoms with E-state index in [1.54, 1.807) is 0 Å². The number of hydrogen-bond acceptors (Lipinski definition) is 5. The molecule has 2 aliphatic rings. The van der Waals surface area contributed by atoms with Crippen molar-refractivity contribution >= 4 is 11.0 Å². The minimum Gasteiger partial charge on any atom is -0.454 e. The van der Waals surface area contributed by atoms with Crippen molar-refractivity contribution in [3.8, 4) is 11.5 Å². The van der Waals surface area contributed by atoms with Gasteiger partial charge in [0.25, 0.3) is 0 Å². The van der Waals surface area contributed by atoms with Crippen LogP contribution in [0, 0.1) is 0 Å². The molecule has 1 saturated heterocycles. The molecule has 1 aromatic carbocycles. The summed E-state index contributed by atoms with van der Waals surface area (Å²) < 4.78 is 10.7. The van der Waals surface area contributed by atoms with Crippen LogP contribution in [-0.2, 0) is 6.54 Å². The first-order valence-corrected chi connectivity index (χ1v) is 6.60. The highest BCUT2D eigenvalue weighted by molar-refractivity contribution is 5.80. The topological polar surface area (TPSA) is 62.4 Å². The molecule has 6 nitrogen and oxygen atoms in total. The number of fused-ring (bicyclic) bond motifs is 2. The van der Waals surface area contributed by atoms with Gasteiger partial charge < -0.3 is 19.8 Å². The minimum absolute atomic E-state index is 0.301. The van der Waals surface area contributed by atoms with E-state index in [-0.39, 0.29) is 0 Å². The fourth-order valence-electron chi connectivity index (χ4n) is 2.61. The predicted molar refractivity (Wildman–Crippen MR) is 70.4 cm³/mol. The molecule has 0 radical (unpaired) electrons.